The first-order valence-electron chi connectivity index (χ1n) is 4.26. The maximum Gasteiger partial charge on any atom is 0.200 e. The van der Waals surface area contributed by atoms with Gasteiger partial charge in [0.15, 0.2) is 10.6 Å². The van der Waals surface area contributed by atoms with Gasteiger partial charge in [0.25, 0.3) is 0 Å². The fourth-order valence-electron chi connectivity index (χ4n) is 0.767. The van der Waals surface area contributed by atoms with Crippen LogP contribution in [0.25, 0.3) is 0 Å². The van der Waals surface area contributed by atoms with Crippen molar-refractivity contribution in [1.29, 1.82) is 0 Å². The average molecular weight is 284 g/mol. The predicted octanol–water partition coefficient (Wildman–Crippen LogP) is 3.75. The highest BCUT2D eigenvalue weighted by Gasteiger charge is 2.51. The van der Waals surface area contributed by atoms with Gasteiger partial charge in [-0.25, -0.2) is 0 Å². The van der Waals surface area contributed by atoms with Crippen molar-refractivity contribution in [2.24, 2.45) is 0 Å². The van der Waals surface area contributed by atoms with Gasteiger partial charge in [-0.05, 0) is 20.8 Å². The van der Waals surface area contributed by atoms with E-state index in [-0.39, 0.29) is 0 Å². The highest BCUT2D eigenvalue weighted by molar-refractivity contribution is 6.62. The molecule has 0 amide bonds. The van der Waals surface area contributed by atoms with Gasteiger partial charge < -0.3 is 9.47 Å². The fourth-order valence-corrected chi connectivity index (χ4v) is 1.20. The summed E-state index contributed by atoms with van der Waals surface area (Å²) in [6.45, 7) is 5.91. The van der Waals surface area contributed by atoms with Crippen molar-refractivity contribution in [3.05, 3.63) is 0 Å². The van der Waals surface area contributed by atoms with Gasteiger partial charge in [-0.15, -0.1) is 0 Å². The molecule has 6 heteroatoms. The zero-order valence-corrected chi connectivity index (χ0v) is 11.3. The van der Waals surface area contributed by atoms with Crippen LogP contribution in [0.1, 0.15) is 20.8 Å². The minimum atomic E-state index is -1.51. The summed E-state index contributed by atoms with van der Waals surface area (Å²) in [5.74, 6) is 0. The third-order valence-corrected chi connectivity index (χ3v) is 3.61. The molecule has 0 heterocycles. The first kappa shape index (κ1) is 15.1. The van der Waals surface area contributed by atoms with E-state index in [1.807, 2.05) is 0 Å². The molecule has 0 aromatic carbocycles. The lowest BCUT2D eigenvalue weighted by Crippen LogP contribution is -2.47. The van der Waals surface area contributed by atoms with Gasteiger partial charge in [0.05, 0.1) is 0 Å². The lowest BCUT2D eigenvalue weighted by atomic mass is 10.3. The van der Waals surface area contributed by atoms with Crippen LogP contribution in [0.15, 0.2) is 0 Å². The highest BCUT2D eigenvalue weighted by atomic mass is 35.5. The largest absolute Gasteiger partial charge is 0.350 e. The van der Waals surface area contributed by atoms with E-state index in [2.05, 4.69) is 0 Å². The Morgan fingerprint density at radius 2 is 1.36 bits per heavy atom. The maximum absolute atomic E-state index is 5.99. The molecule has 86 valence electrons. The molecule has 14 heavy (non-hydrogen) atoms. The average Bonchev–Trinajstić information content (AvgIpc) is 2.02. The summed E-state index contributed by atoms with van der Waals surface area (Å²) >= 11 is 23.6. The van der Waals surface area contributed by atoms with Gasteiger partial charge in [-0.1, -0.05) is 46.4 Å². The molecule has 0 aliphatic heterocycles. The van der Waals surface area contributed by atoms with E-state index in [9.17, 15) is 0 Å². The Hall–Kier alpha value is 1.08. The number of halogens is 4. The van der Waals surface area contributed by atoms with Gasteiger partial charge in [0.1, 0.15) is 0 Å². The number of hydrogen-bond acceptors (Lipinski definition) is 2. The van der Waals surface area contributed by atoms with E-state index < -0.39 is 15.0 Å². The molecule has 0 saturated heterocycles. The molecule has 0 aliphatic carbocycles. The molecule has 0 aliphatic rings. The smallest absolute Gasteiger partial charge is 0.200 e. The first-order valence-corrected chi connectivity index (χ1v) is 5.77. The molecule has 0 spiro atoms. The van der Waals surface area contributed by atoms with Crippen LogP contribution in [0.5, 0.6) is 0 Å². The second-order valence-corrected chi connectivity index (χ2v) is 5.85. The van der Waals surface area contributed by atoms with Crippen LogP contribution in [0.4, 0.5) is 0 Å². The SMILES string of the molecule is CCOC(OCC)C(Cl)(Cl)C(C)(Cl)Cl. The Bertz CT molecular complexity index is 161. The van der Waals surface area contributed by atoms with Crippen LogP contribution in [0.3, 0.4) is 0 Å². The molecule has 0 aromatic rings. The molecule has 0 unspecified atom stereocenters. The Kier molecular flexibility index (Phi) is 6.44. The summed E-state index contributed by atoms with van der Waals surface area (Å²) < 4.78 is 7.57. The predicted molar refractivity (Wildman–Crippen MR) is 61.6 cm³/mol. The van der Waals surface area contributed by atoms with E-state index >= 15 is 0 Å². The molecule has 0 atom stereocenters. The second-order valence-electron chi connectivity index (χ2n) is 2.75. The molecular formula is C8H14Cl4O2. The first-order chi connectivity index (χ1) is 6.27. The Labute approximate surface area is 105 Å². The van der Waals surface area contributed by atoms with E-state index in [0.717, 1.165) is 0 Å². The zero-order valence-electron chi connectivity index (χ0n) is 8.32. The van der Waals surface area contributed by atoms with E-state index in [0.29, 0.717) is 13.2 Å². The number of rotatable bonds is 6. The number of hydrogen-bond donors (Lipinski definition) is 0. The van der Waals surface area contributed by atoms with Crippen LogP contribution in [-0.4, -0.2) is 28.2 Å². The molecule has 2 nitrogen and oxygen atoms in total. The third kappa shape index (κ3) is 3.92. The highest BCUT2D eigenvalue weighted by Crippen LogP contribution is 2.45. The Morgan fingerprint density at radius 1 is 1.00 bits per heavy atom. The van der Waals surface area contributed by atoms with Crippen LogP contribution in [0, 0.1) is 0 Å². The molecule has 0 N–H and O–H groups in total. The molecular weight excluding hydrogens is 270 g/mol. The van der Waals surface area contributed by atoms with E-state index in [1.54, 1.807) is 13.8 Å². The number of alkyl halides is 4. The summed E-state index contributed by atoms with van der Waals surface area (Å²) in [4.78, 5) is 0. The normalized spacial score (nSPS) is 13.7. The van der Waals surface area contributed by atoms with E-state index in [1.165, 1.54) is 6.92 Å². The maximum atomic E-state index is 5.99. The minimum Gasteiger partial charge on any atom is -0.350 e. The molecule has 0 rings (SSSR count). The quantitative estimate of drug-likeness (QED) is 0.546. The Morgan fingerprint density at radius 3 is 1.57 bits per heavy atom. The van der Waals surface area contributed by atoms with Gasteiger partial charge in [-0.3, -0.25) is 0 Å². The topological polar surface area (TPSA) is 18.5 Å². The van der Waals surface area contributed by atoms with Crippen molar-refractivity contribution >= 4 is 46.4 Å². The lowest BCUT2D eigenvalue weighted by Gasteiger charge is -2.35. The summed E-state index contributed by atoms with van der Waals surface area (Å²) in [6, 6.07) is 0. The molecule has 0 saturated carbocycles. The summed E-state index contributed by atoms with van der Waals surface area (Å²) in [6.07, 6.45) is -0.846. The van der Waals surface area contributed by atoms with Gasteiger partial charge in [-0.2, -0.15) is 0 Å². The van der Waals surface area contributed by atoms with Crippen molar-refractivity contribution in [2.45, 2.75) is 35.7 Å². The second kappa shape index (κ2) is 5.97. The van der Waals surface area contributed by atoms with Gasteiger partial charge >= 0.3 is 0 Å². The lowest BCUT2D eigenvalue weighted by molar-refractivity contribution is -0.145. The van der Waals surface area contributed by atoms with Crippen molar-refractivity contribution in [3.8, 4) is 0 Å². The summed E-state index contributed by atoms with van der Waals surface area (Å²) in [5, 5.41) is 0. The monoisotopic (exact) mass is 282 g/mol. The standard InChI is InChI=1S/C8H14Cl4O2/c1-4-13-6(14-5-2)8(11,12)7(3,9)10/h6H,4-5H2,1-3H3. The molecule has 0 bridgehead atoms. The summed E-state index contributed by atoms with van der Waals surface area (Å²) in [5.41, 5.74) is 0. The van der Waals surface area contributed by atoms with Crippen LogP contribution < -0.4 is 0 Å². The van der Waals surface area contributed by atoms with Gasteiger partial charge in [0.2, 0.25) is 4.33 Å². The van der Waals surface area contributed by atoms with Crippen molar-refractivity contribution < 1.29 is 9.47 Å². The molecule has 0 fully saturated rings. The fraction of sp³-hybridized carbons (Fsp3) is 1.00. The third-order valence-electron chi connectivity index (χ3n) is 1.52. The minimum absolute atomic E-state index is 0.412. The zero-order chi connectivity index (χ0) is 11.4. The van der Waals surface area contributed by atoms with Crippen LogP contribution in [-0.2, 0) is 9.47 Å². The van der Waals surface area contributed by atoms with Crippen LogP contribution in [0.2, 0.25) is 0 Å². The molecule has 0 aromatic heterocycles. The van der Waals surface area contributed by atoms with Crippen molar-refractivity contribution in [1.82, 2.24) is 0 Å². The summed E-state index contributed by atoms with van der Waals surface area (Å²) in [7, 11) is 0. The Balaban J connectivity index is 4.61. The molecule has 0 radical (unpaired) electrons. The van der Waals surface area contributed by atoms with Crippen molar-refractivity contribution in [2.75, 3.05) is 13.2 Å². The number of ether oxygens (including phenoxy) is 2. The van der Waals surface area contributed by atoms with Crippen molar-refractivity contribution in [3.63, 3.8) is 0 Å². The van der Waals surface area contributed by atoms with Gasteiger partial charge in [0, 0.05) is 13.2 Å². The van der Waals surface area contributed by atoms with E-state index in [4.69, 9.17) is 55.9 Å². The van der Waals surface area contributed by atoms with Crippen LogP contribution >= 0.6 is 46.4 Å².